The van der Waals surface area contributed by atoms with Crippen LogP contribution in [0.3, 0.4) is 0 Å². The van der Waals surface area contributed by atoms with Crippen LogP contribution in [0.1, 0.15) is 41.6 Å². The van der Waals surface area contributed by atoms with Crippen LogP contribution >= 0.6 is 23.2 Å². The molecule has 0 saturated heterocycles. The monoisotopic (exact) mass is 501 g/mol. The molecule has 33 heavy (non-hydrogen) atoms. The predicted octanol–water partition coefficient (Wildman–Crippen LogP) is 7.12. The summed E-state index contributed by atoms with van der Waals surface area (Å²) in [6.07, 6.45) is -0.633. The van der Waals surface area contributed by atoms with E-state index in [4.69, 9.17) is 32.7 Å². The SMILES string of the molecule is COC=O.Cc1cc(C(F)(F)F)cc2c1cc(Cc1c(Cl)ccc(OC3CCC3)c1Cl)n2C. The number of hydrogen-bond donors (Lipinski definition) is 0. The average molecular weight is 502 g/mol. The summed E-state index contributed by atoms with van der Waals surface area (Å²) < 4.78 is 51.2. The molecule has 0 spiro atoms. The van der Waals surface area contributed by atoms with Gasteiger partial charge in [-0.1, -0.05) is 23.2 Å². The lowest BCUT2D eigenvalue weighted by Crippen LogP contribution is -2.24. The lowest BCUT2D eigenvalue weighted by atomic mass is 9.96. The Hall–Kier alpha value is -2.38. The Morgan fingerprint density at radius 1 is 1.18 bits per heavy atom. The number of fused-ring (bicyclic) bond motifs is 1. The van der Waals surface area contributed by atoms with E-state index in [0.29, 0.717) is 45.3 Å². The van der Waals surface area contributed by atoms with Crippen LogP contribution in [-0.4, -0.2) is 24.3 Å². The molecular formula is C24H24Cl2F3NO3. The molecule has 178 valence electrons. The number of methoxy groups -OCH3 is 1. The summed E-state index contributed by atoms with van der Waals surface area (Å²) in [4.78, 5) is 8.95. The van der Waals surface area contributed by atoms with E-state index in [1.807, 2.05) is 6.07 Å². The van der Waals surface area contributed by atoms with Gasteiger partial charge >= 0.3 is 6.18 Å². The van der Waals surface area contributed by atoms with E-state index >= 15 is 0 Å². The summed E-state index contributed by atoms with van der Waals surface area (Å²) in [6, 6.07) is 7.79. The van der Waals surface area contributed by atoms with Gasteiger partial charge in [0.15, 0.2) is 0 Å². The fraction of sp³-hybridized carbons (Fsp3) is 0.375. The normalized spacial score (nSPS) is 13.8. The Morgan fingerprint density at radius 3 is 2.39 bits per heavy atom. The van der Waals surface area contributed by atoms with Crippen molar-refractivity contribution in [2.24, 2.45) is 7.05 Å². The number of alkyl halides is 3. The molecule has 1 aliphatic rings. The van der Waals surface area contributed by atoms with E-state index in [0.717, 1.165) is 30.3 Å². The van der Waals surface area contributed by atoms with Gasteiger partial charge in [0.05, 0.1) is 23.8 Å². The average Bonchev–Trinajstić information content (AvgIpc) is 3.05. The summed E-state index contributed by atoms with van der Waals surface area (Å²) in [5.74, 6) is 0.602. The van der Waals surface area contributed by atoms with Crippen molar-refractivity contribution in [3.63, 3.8) is 0 Å². The molecule has 1 heterocycles. The highest BCUT2D eigenvalue weighted by molar-refractivity contribution is 6.37. The minimum atomic E-state index is -4.39. The summed E-state index contributed by atoms with van der Waals surface area (Å²) >= 11 is 13.0. The first-order valence-electron chi connectivity index (χ1n) is 10.3. The number of carbonyl (C=O) groups excluding carboxylic acids is 1. The maximum absolute atomic E-state index is 13.2. The number of nitrogens with zero attached hydrogens (tertiary/aromatic N) is 1. The molecule has 0 atom stereocenters. The van der Waals surface area contributed by atoms with Gasteiger partial charge in [0.25, 0.3) is 6.47 Å². The molecule has 0 bridgehead atoms. The summed E-state index contributed by atoms with van der Waals surface area (Å²) in [7, 11) is 3.07. The topological polar surface area (TPSA) is 40.5 Å². The summed E-state index contributed by atoms with van der Waals surface area (Å²) in [6.45, 7) is 2.06. The molecule has 4 rings (SSSR count). The molecule has 1 aromatic heterocycles. The van der Waals surface area contributed by atoms with Gasteiger partial charge in [0, 0.05) is 35.1 Å². The highest BCUT2D eigenvalue weighted by Gasteiger charge is 2.31. The molecule has 3 aromatic rings. The zero-order valence-corrected chi connectivity index (χ0v) is 19.9. The molecule has 0 aliphatic heterocycles. The second kappa shape index (κ2) is 10.3. The lowest BCUT2D eigenvalue weighted by Gasteiger charge is -2.27. The Kier molecular flexibility index (Phi) is 7.85. The fourth-order valence-electron chi connectivity index (χ4n) is 3.67. The number of benzene rings is 2. The van der Waals surface area contributed by atoms with Crippen molar-refractivity contribution in [3.8, 4) is 5.75 Å². The number of rotatable bonds is 5. The Bertz CT molecular complexity index is 1150. The molecule has 1 fully saturated rings. The van der Waals surface area contributed by atoms with Crippen LogP contribution in [0.5, 0.6) is 5.75 Å². The molecule has 0 radical (unpaired) electrons. The van der Waals surface area contributed by atoms with E-state index in [9.17, 15) is 13.2 Å². The van der Waals surface area contributed by atoms with Crippen LogP contribution in [0.4, 0.5) is 13.2 Å². The number of ether oxygens (including phenoxy) is 2. The predicted molar refractivity (Wildman–Crippen MR) is 123 cm³/mol. The lowest BCUT2D eigenvalue weighted by molar-refractivity contribution is -0.137. The van der Waals surface area contributed by atoms with Crippen LogP contribution in [0.15, 0.2) is 30.3 Å². The molecule has 0 amide bonds. The summed E-state index contributed by atoms with van der Waals surface area (Å²) in [5, 5.41) is 1.75. The number of aromatic nitrogens is 1. The maximum Gasteiger partial charge on any atom is 0.416 e. The van der Waals surface area contributed by atoms with Gasteiger partial charge in [0.1, 0.15) is 5.75 Å². The number of hydrogen-bond acceptors (Lipinski definition) is 3. The van der Waals surface area contributed by atoms with Gasteiger partial charge in [-0.3, -0.25) is 4.79 Å². The van der Waals surface area contributed by atoms with Gasteiger partial charge in [-0.15, -0.1) is 0 Å². The molecular weight excluding hydrogens is 478 g/mol. The number of aryl methyl sites for hydroxylation is 2. The van der Waals surface area contributed by atoms with E-state index in [-0.39, 0.29) is 6.10 Å². The van der Waals surface area contributed by atoms with Crippen LogP contribution in [0.25, 0.3) is 10.9 Å². The van der Waals surface area contributed by atoms with Gasteiger partial charge in [0.2, 0.25) is 0 Å². The zero-order chi connectivity index (χ0) is 24.3. The molecule has 0 N–H and O–H groups in total. The summed E-state index contributed by atoms with van der Waals surface area (Å²) in [5.41, 5.74) is 2.00. The van der Waals surface area contributed by atoms with Crippen LogP contribution in [0.2, 0.25) is 10.0 Å². The third-order valence-electron chi connectivity index (χ3n) is 5.75. The first-order chi connectivity index (χ1) is 15.6. The van der Waals surface area contributed by atoms with E-state index in [2.05, 4.69) is 4.74 Å². The quantitative estimate of drug-likeness (QED) is 0.349. The second-order valence-electron chi connectivity index (χ2n) is 7.94. The smallest absolute Gasteiger partial charge is 0.416 e. The van der Waals surface area contributed by atoms with Crippen LogP contribution < -0.4 is 4.74 Å². The van der Waals surface area contributed by atoms with Crippen molar-refractivity contribution in [3.05, 3.63) is 62.8 Å². The number of carbonyl (C=O) groups is 1. The van der Waals surface area contributed by atoms with E-state index < -0.39 is 11.7 Å². The van der Waals surface area contributed by atoms with Crippen molar-refractivity contribution >= 4 is 40.6 Å². The standard InChI is InChI=1S/C22H20Cl2F3NO.C2H4O2/c1-12-8-13(22(25,26)27)9-19-16(12)10-14(28(19)2)11-17-18(23)6-7-20(21(17)24)29-15-4-3-5-15;1-4-2-3/h6-10,15H,3-5,11H2,1-2H3;2H,1H3. The number of halogens is 5. The molecule has 4 nitrogen and oxygen atoms in total. The molecule has 1 aliphatic carbocycles. The van der Waals surface area contributed by atoms with Gasteiger partial charge < -0.3 is 14.0 Å². The Balaban J connectivity index is 0.000000709. The van der Waals surface area contributed by atoms with Gasteiger partial charge in [-0.2, -0.15) is 13.2 Å². The third-order valence-corrected chi connectivity index (χ3v) is 6.51. The van der Waals surface area contributed by atoms with E-state index in [1.165, 1.54) is 19.2 Å². The van der Waals surface area contributed by atoms with Gasteiger partial charge in [-0.25, -0.2) is 0 Å². The fourth-order valence-corrected chi connectivity index (χ4v) is 4.22. The molecule has 0 unspecified atom stereocenters. The minimum absolute atomic E-state index is 0.183. The Labute approximate surface area is 200 Å². The largest absolute Gasteiger partial charge is 0.489 e. The van der Waals surface area contributed by atoms with E-state index in [1.54, 1.807) is 30.7 Å². The maximum atomic E-state index is 13.2. The molecule has 1 saturated carbocycles. The van der Waals surface area contributed by atoms with Crippen LogP contribution in [0, 0.1) is 6.92 Å². The molecule has 2 aromatic carbocycles. The van der Waals surface area contributed by atoms with Crippen molar-refractivity contribution in [2.75, 3.05) is 7.11 Å². The van der Waals surface area contributed by atoms with Crippen LogP contribution in [-0.2, 0) is 29.2 Å². The Morgan fingerprint density at radius 2 is 1.85 bits per heavy atom. The minimum Gasteiger partial charge on any atom is -0.489 e. The van der Waals surface area contributed by atoms with Crippen molar-refractivity contribution in [1.82, 2.24) is 4.57 Å². The van der Waals surface area contributed by atoms with Crippen molar-refractivity contribution < 1.29 is 27.4 Å². The molecule has 9 heteroatoms. The highest BCUT2D eigenvalue weighted by atomic mass is 35.5. The zero-order valence-electron chi connectivity index (χ0n) is 18.4. The van der Waals surface area contributed by atoms with Crippen molar-refractivity contribution in [1.29, 1.82) is 0 Å². The first-order valence-corrected chi connectivity index (χ1v) is 11.1. The highest BCUT2D eigenvalue weighted by Crippen LogP contribution is 2.39. The first kappa shape index (κ1) is 25.2. The van der Waals surface area contributed by atoms with Crippen molar-refractivity contribution in [2.45, 2.75) is 44.9 Å². The van der Waals surface area contributed by atoms with Gasteiger partial charge in [-0.05, 0) is 67.6 Å². The second-order valence-corrected chi connectivity index (χ2v) is 8.72. The third kappa shape index (κ3) is 5.58.